The molecule has 1 unspecified atom stereocenters. The van der Waals surface area contributed by atoms with Gasteiger partial charge in [0.2, 0.25) is 0 Å². The summed E-state index contributed by atoms with van der Waals surface area (Å²) in [5.74, 6) is -0.723. The van der Waals surface area contributed by atoms with Gasteiger partial charge in [-0.3, -0.25) is 9.59 Å². The zero-order valence-corrected chi connectivity index (χ0v) is 14.3. The fraction of sp³-hybridized carbons (Fsp3) is 0.294. The summed E-state index contributed by atoms with van der Waals surface area (Å²) in [6.07, 6.45) is 1.03. The number of carbonyl (C=O) groups excluding carboxylic acids is 2. The maximum Gasteiger partial charge on any atom is 0.306 e. The molecule has 1 N–H and O–H groups in total. The maximum atomic E-state index is 12.0. The number of benzene rings is 1. The summed E-state index contributed by atoms with van der Waals surface area (Å²) in [6.45, 7) is 1.56. The number of nitrogens with one attached hydrogen (secondary N) is 1. The Morgan fingerprint density at radius 1 is 1.26 bits per heavy atom. The van der Waals surface area contributed by atoms with Crippen molar-refractivity contribution < 1.29 is 14.3 Å². The number of carbonyl (C=O) groups is 2. The van der Waals surface area contributed by atoms with Crippen LogP contribution < -0.4 is 5.32 Å². The average molecular weight is 352 g/mol. The van der Waals surface area contributed by atoms with Gasteiger partial charge in [0.15, 0.2) is 6.10 Å². The lowest BCUT2D eigenvalue weighted by Gasteiger charge is -2.13. The van der Waals surface area contributed by atoms with E-state index >= 15 is 0 Å². The highest BCUT2D eigenvalue weighted by Gasteiger charge is 2.17. The van der Waals surface area contributed by atoms with Crippen molar-refractivity contribution >= 4 is 40.5 Å². The van der Waals surface area contributed by atoms with E-state index in [4.69, 9.17) is 16.3 Å². The summed E-state index contributed by atoms with van der Waals surface area (Å²) in [5, 5.41) is 5.28. The van der Waals surface area contributed by atoms with Crippen LogP contribution in [-0.4, -0.2) is 18.0 Å². The SMILES string of the molecule is CC(OC(=O)CCCc1cccs1)C(=O)Nc1ccc(Cl)cc1. The Balaban J connectivity index is 1.71. The molecule has 0 bridgehead atoms. The maximum absolute atomic E-state index is 12.0. The molecule has 6 heteroatoms. The van der Waals surface area contributed by atoms with Gasteiger partial charge in [0.25, 0.3) is 5.91 Å². The van der Waals surface area contributed by atoms with Crippen LogP contribution >= 0.6 is 22.9 Å². The number of rotatable bonds is 7. The monoisotopic (exact) mass is 351 g/mol. The number of esters is 1. The molecule has 0 saturated heterocycles. The van der Waals surface area contributed by atoms with E-state index in [9.17, 15) is 9.59 Å². The highest BCUT2D eigenvalue weighted by Crippen LogP contribution is 2.15. The Hall–Kier alpha value is -1.85. The van der Waals surface area contributed by atoms with Gasteiger partial charge in [-0.2, -0.15) is 0 Å². The number of anilines is 1. The zero-order chi connectivity index (χ0) is 16.7. The van der Waals surface area contributed by atoms with Crippen molar-refractivity contribution in [1.29, 1.82) is 0 Å². The Morgan fingerprint density at radius 2 is 2.00 bits per heavy atom. The van der Waals surface area contributed by atoms with Crippen LogP contribution in [0.15, 0.2) is 41.8 Å². The normalized spacial score (nSPS) is 11.7. The lowest BCUT2D eigenvalue weighted by molar-refractivity contribution is -0.153. The van der Waals surface area contributed by atoms with Gasteiger partial charge < -0.3 is 10.1 Å². The molecule has 4 nitrogen and oxygen atoms in total. The summed E-state index contributed by atoms with van der Waals surface area (Å²) in [4.78, 5) is 25.0. The first-order valence-electron chi connectivity index (χ1n) is 7.33. The van der Waals surface area contributed by atoms with E-state index in [2.05, 4.69) is 5.32 Å². The van der Waals surface area contributed by atoms with Gasteiger partial charge in [-0.25, -0.2) is 0 Å². The molecular weight excluding hydrogens is 334 g/mol. The average Bonchev–Trinajstić information content (AvgIpc) is 3.02. The van der Waals surface area contributed by atoms with Gasteiger partial charge in [0.05, 0.1) is 0 Å². The van der Waals surface area contributed by atoms with Crippen molar-refractivity contribution in [2.45, 2.75) is 32.3 Å². The Bertz CT molecular complexity index is 640. The van der Waals surface area contributed by atoms with E-state index in [1.807, 2.05) is 17.5 Å². The van der Waals surface area contributed by atoms with Gasteiger partial charge in [0.1, 0.15) is 0 Å². The number of amides is 1. The molecule has 0 aliphatic carbocycles. The van der Waals surface area contributed by atoms with Gasteiger partial charge in [-0.15, -0.1) is 11.3 Å². The topological polar surface area (TPSA) is 55.4 Å². The fourth-order valence-electron chi connectivity index (χ4n) is 1.95. The smallest absolute Gasteiger partial charge is 0.306 e. The third-order valence-electron chi connectivity index (χ3n) is 3.17. The molecule has 23 heavy (non-hydrogen) atoms. The standard InChI is InChI=1S/C17H18ClNO3S/c1-12(17(21)19-14-9-7-13(18)8-10-14)22-16(20)6-2-4-15-5-3-11-23-15/h3,5,7-12H,2,4,6H2,1H3,(H,19,21). The summed E-state index contributed by atoms with van der Waals surface area (Å²) in [7, 11) is 0. The van der Waals surface area contributed by atoms with E-state index in [1.165, 1.54) is 4.88 Å². The number of ether oxygens (including phenoxy) is 1. The van der Waals surface area contributed by atoms with Crippen molar-refractivity contribution in [2.75, 3.05) is 5.32 Å². The number of thiophene rings is 1. The van der Waals surface area contributed by atoms with E-state index in [0.29, 0.717) is 23.6 Å². The van der Waals surface area contributed by atoms with Gasteiger partial charge >= 0.3 is 5.97 Å². The summed E-state index contributed by atoms with van der Waals surface area (Å²) < 4.78 is 5.15. The molecule has 0 aliphatic rings. The lowest BCUT2D eigenvalue weighted by Crippen LogP contribution is -2.29. The van der Waals surface area contributed by atoms with Crippen LogP contribution in [-0.2, 0) is 20.7 Å². The summed E-state index contributed by atoms with van der Waals surface area (Å²) >= 11 is 7.45. The van der Waals surface area contributed by atoms with Gasteiger partial charge in [-0.05, 0) is 55.5 Å². The van der Waals surface area contributed by atoms with E-state index in [1.54, 1.807) is 42.5 Å². The quantitative estimate of drug-likeness (QED) is 0.757. The molecule has 1 aromatic carbocycles. The van der Waals surface area contributed by atoms with Crippen molar-refractivity contribution in [3.8, 4) is 0 Å². The first kappa shape index (κ1) is 17.5. The number of hydrogen-bond acceptors (Lipinski definition) is 4. The van der Waals surface area contributed by atoms with E-state index < -0.39 is 6.10 Å². The summed E-state index contributed by atoms with van der Waals surface area (Å²) in [5.41, 5.74) is 0.611. The molecule has 0 radical (unpaired) electrons. The lowest BCUT2D eigenvalue weighted by atomic mass is 10.2. The second-order valence-electron chi connectivity index (χ2n) is 5.06. The number of aryl methyl sites for hydroxylation is 1. The molecule has 2 aromatic rings. The first-order valence-corrected chi connectivity index (χ1v) is 8.58. The second kappa shape index (κ2) is 8.70. The minimum absolute atomic E-state index is 0.302. The molecule has 0 saturated carbocycles. The fourth-order valence-corrected chi connectivity index (χ4v) is 2.83. The third-order valence-corrected chi connectivity index (χ3v) is 4.36. The molecule has 0 aliphatic heterocycles. The molecule has 1 heterocycles. The van der Waals surface area contributed by atoms with Crippen LogP contribution in [0.2, 0.25) is 5.02 Å². The highest BCUT2D eigenvalue weighted by molar-refractivity contribution is 7.09. The zero-order valence-electron chi connectivity index (χ0n) is 12.8. The largest absolute Gasteiger partial charge is 0.453 e. The third kappa shape index (κ3) is 6.04. The summed E-state index contributed by atoms with van der Waals surface area (Å²) in [6, 6.07) is 10.8. The van der Waals surface area contributed by atoms with Crippen LogP contribution in [0.5, 0.6) is 0 Å². The number of hydrogen-bond donors (Lipinski definition) is 1. The van der Waals surface area contributed by atoms with Crippen LogP contribution in [0, 0.1) is 0 Å². The van der Waals surface area contributed by atoms with Crippen LogP contribution in [0.4, 0.5) is 5.69 Å². The first-order chi connectivity index (χ1) is 11.0. The minimum atomic E-state index is -0.833. The van der Waals surface area contributed by atoms with Crippen LogP contribution in [0.3, 0.4) is 0 Å². The van der Waals surface area contributed by atoms with Gasteiger partial charge in [0, 0.05) is 22.0 Å². The molecule has 2 rings (SSSR count). The van der Waals surface area contributed by atoms with Crippen LogP contribution in [0.25, 0.3) is 0 Å². The van der Waals surface area contributed by atoms with Crippen LogP contribution in [0.1, 0.15) is 24.6 Å². The Kier molecular flexibility index (Phi) is 6.62. The molecular formula is C17H18ClNO3S. The molecule has 1 amide bonds. The predicted octanol–water partition coefficient (Wildman–Crippen LogP) is 4.29. The molecule has 122 valence electrons. The van der Waals surface area contributed by atoms with Crippen molar-refractivity contribution in [1.82, 2.24) is 0 Å². The highest BCUT2D eigenvalue weighted by atomic mass is 35.5. The minimum Gasteiger partial charge on any atom is -0.453 e. The van der Waals surface area contributed by atoms with Gasteiger partial charge in [-0.1, -0.05) is 17.7 Å². The Morgan fingerprint density at radius 3 is 2.65 bits per heavy atom. The predicted molar refractivity (Wildman–Crippen MR) is 92.9 cm³/mol. The second-order valence-corrected chi connectivity index (χ2v) is 6.53. The van der Waals surface area contributed by atoms with E-state index in [-0.39, 0.29) is 11.9 Å². The van der Waals surface area contributed by atoms with Crippen molar-refractivity contribution in [3.05, 3.63) is 51.7 Å². The molecule has 0 spiro atoms. The van der Waals surface area contributed by atoms with Crippen molar-refractivity contribution in [3.63, 3.8) is 0 Å². The molecule has 1 atom stereocenters. The van der Waals surface area contributed by atoms with E-state index in [0.717, 1.165) is 6.42 Å². The number of halogens is 1. The molecule has 1 aromatic heterocycles. The van der Waals surface area contributed by atoms with Crippen molar-refractivity contribution in [2.24, 2.45) is 0 Å². The molecule has 0 fully saturated rings. The Labute approximate surface area is 144 Å².